The van der Waals surface area contributed by atoms with E-state index in [0.29, 0.717) is 12.0 Å². The second kappa shape index (κ2) is 6.46. The van der Waals surface area contributed by atoms with Crippen LogP contribution in [0.5, 0.6) is 0 Å². The molecule has 1 heterocycles. The van der Waals surface area contributed by atoms with E-state index in [1.165, 1.54) is 70.0 Å². The molecule has 0 unspecified atom stereocenters. The van der Waals surface area contributed by atoms with Crippen molar-refractivity contribution in [3.8, 4) is 0 Å². The van der Waals surface area contributed by atoms with Crippen molar-refractivity contribution in [3.63, 3.8) is 0 Å². The van der Waals surface area contributed by atoms with E-state index in [0.717, 1.165) is 13.1 Å². The SMILES string of the molecule is C[C@@H]1CCCC[C@@]12NCCN=C2NC1CCCCCC1. The lowest BCUT2D eigenvalue weighted by molar-refractivity contribution is 0.212. The van der Waals surface area contributed by atoms with Gasteiger partial charge in [-0.2, -0.15) is 0 Å². The normalized spacial score (nSPS) is 36.5. The molecule has 0 bridgehead atoms. The third kappa shape index (κ3) is 2.88. The molecule has 20 heavy (non-hydrogen) atoms. The molecule has 114 valence electrons. The summed E-state index contributed by atoms with van der Waals surface area (Å²) in [4.78, 5) is 4.92. The van der Waals surface area contributed by atoms with Gasteiger partial charge < -0.3 is 10.6 Å². The summed E-state index contributed by atoms with van der Waals surface area (Å²) in [6.45, 7) is 4.42. The monoisotopic (exact) mass is 277 g/mol. The molecule has 3 heteroatoms. The maximum absolute atomic E-state index is 4.92. The molecule has 1 aliphatic heterocycles. The van der Waals surface area contributed by atoms with Crippen LogP contribution < -0.4 is 10.6 Å². The third-order valence-electron chi connectivity index (χ3n) is 5.74. The summed E-state index contributed by atoms with van der Waals surface area (Å²) in [5, 5.41) is 7.72. The Labute approximate surface area is 124 Å². The number of amidine groups is 1. The van der Waals surface area contributed by atoms with Gasteiger partial charge in [0.05, 0.1) is 12.1 Å². The van der Waals surface area contributed by atoms with Crippen molar-refractivity contribution >= 4 is 5.84 Å². The zero-order valence-corrected chi connectivity index (χ0v) is 13.1. The first kappa shape index (κ1) is 14.4. The highest BCUT2D eigenvalue weighted by Crippen LogP contribution is 2.35. The predicted octanol–water partition coefficient (Wildman–Crippen LogP) is 3.25. The van der Waals surface area contributed by atoms with Crippen LogP contribution in [0.2, 0.25) is 0 Å². The second-order valence-corrected chi connectivity index (χ2v) is 7.11. The Kier molecular flexibility index (Phi) is 4.65. The zero-order valence-electron chi connectivity index (χ0n) is 13.1. The zero-order chi connectivity index (χ0) is 13.8. The molecule has 2 N–H and O–H groups in total. The van der Waals surface area contributed by atoms with Gasteiger partial charge >= 0.3 is 0 Å². The smallest absolute Gasteiger partial charge is 0.117 e. The van der Waals surface area contributed by atoms with Crippen LogP contribution in [0.25, 0.3) is 0 Å². The van der Waals surface area contributed by atoms with Crippen molar-refractivity contribution in [1.82, 2.24) is 10.6 Å². The van der Waals surface area contributed by atoms with E-state index < -0.39 is 0 Å². The Balaban J connectivity index is 1.73. The predicted molar refractivity (Wildman–Crippen MR) is 85.3 cm³/mol. The lowest BCUT2D eigenvalue weighted by atomic mass is 9.72. The summed E-state index contributed by atoms with van der Waals surface area (Å²) in [6.07, 6.45) is 13.7. The van der Waals surface area contributed by atoms with Crippen molar-refractivity contribution < 1.29 is 0 Å². The van der Waals surface area contributed by atoms with E-state index in [9.17, 15) is 0 Å². The van der Waals surface area contributed by atoms with Gasteiger partial charge in [0, 0.05) is 12.6 Å². The van der Waals surface area contributed by atoms with E-state index in [4.69, 9.17) is 4.99 Å². The van der Waals surface area contributed by atoms with Gasteiger partial charge in [-0.15, -0.1) is 0 Å². The second-order valence-electron chi connectivity index (χ2n) is 7.11. The lowest BCUT2D eigenvalue weighted by Crippen LogP contribution is -2.65. The largest absolute Gasteiger partial charge is 0.370 e. The van der Waals surface area contributed by atoms with E-state index >= 15 is 0 Å². The highest BCUT2D eigenvalue weighted by molar-refractivity contribution is 5.93. The molecule has 0 aromatic carbocycles. The molecule has 1 spiro atoms. The van der Waals surface area contributed by atoms with E-state index in [2.05, 4.69) is 17.6 Å². The molecule has 0 aromatic heterocycles. The average Bonchev–Trinajstić information content (AvgIpc) is 2.73. The van der Waals surface area contributed by atoms with Crippen LogP contribution in [0, 0.1) is 5.92 Å². The number of aliphatic imine (C=N–C) groups is 1. The average molecular weight is 277 g/mol. The maximum atomic E-state index is 4.92. The molecule has 0 saturated heterocycles. The molecule has 2 aliphatic carbocycles. The minimum Gasteiger partial charge on any atom is -0.370 e. The van der Waals surface area contributed by atoms with Crippen LogP contribution in [0.1, 0.15) is 71.1 Å². The van der Waals surface area contributed by atoms with Crippen LogP contribution in [0.4, 0.5) is 0 Å². The van der Waals surface area contributed by atoms with E-state index in [-0.39, 0.29) is 5.54 Å². The standard InChI is InChI=1S/C17H31N3/c1-14-8-6-7-11-17(14)16(18-12-13-19-17)20-15-9-4-2-3-5-10-15/h14-15,19H,2-13H2,1H3,(H,18,20)/t14-,17-/m1/s1. The first-order valence-corrected chi connectivity index (χ1v) is 8.88. The fraction of sp³-hybridized carbons (Fsp3) is 0.941. The summed E-state index contributed by atoms with van der Waals surface area (Å²) in [5.74, 6) is 2.02. The molecule has 3 rings (SSSR count). The number of rotatable bonds is 1. The quantitative estimate of drug-likeness (QED) is 0.722. The summed E-state index contributed by atoms with van der Waals surface area (Å²) < 4.78 is 0. The highest BCUT2D eigenvalue weighted by Gasteiger charge is 2.44. The molecule has 2 fully saturated rings. The van der Waals surface area contributed by atoms with Crippen LogP contribution in [0.15, 0.2) is 4.99 Å². The first-order chi connectivity index (χ1) is 9.81. The van der Waals surface area contributed by atoms with E-state index in [1.54, 1.807) is 0 Å². The van der Waals surface area contributed by atoms with Gasteiger partial charge in [0.2, 0.25) is 0 Å². The minimum atomic E-state index is 0.169. The topological polar surface area (TPSA) is 36.4 Å². The molecule has 0 aromatic rings. The van der Waals surface area contributed by atoms with Crippen molar-refractivity contribution in [1.29, 1.82) is 0 Å². The Bertz CT molecular complexity index is 344. The number of nitrogens with zero attached hydrogens (tertiary/aromatic N) is 1. The lowest BCUT2D eigenvalue weighted by Gasteiger charge is -2.47. The molecular formula is C17H31N3. The molecule has 2 atom stereocenters. The van der Waals surface area contributed by atoms with Crippen LogP contribution in [0.3, 0.4) is 0 Å². The van der Waals surface area contributed by atoms with Crippen molar-refractivity contribution in [3.05, 3.63) is 0 Å². The Morgan fingerprint density at radius 2 is 1.80 bits per heavy atom. The minimum absolute atomic E-state index is 0.169. The van der Waals surface area contributed by atoms with Gasteiger partial charge in [-0.25, -0.2) is 0 Å². The van der Waals surface area contributed by atoms with Gasteiger partial charge in [0.15, 0.2) is 0 Å². The molecular weight excluding hydrogens is 246 g/mol. The highest BCUT2D eigenvalue weighted by atomic mass is 15.2. The first-order valence-electron chi connectivity index (χ1n) is 8.88. The fourth-order valence-electron chi connectivity index (χ4n) is 4.42. The van der Waals surface area contributed by atoms with Crippen LogP contribution in [-0.2, 0) is 0 Å². The van der Waals surface area contributed by atoms with Gasteiger partial charge in [-0.05, 0) is 31.6 Å². The summed E-state index contributed by atoms with van der Waals surface area (Å²) >= 11 is 0. The molecule has 0 radical (unpaired) electrons. The van der Waals surface area contributed by atoms with Gasteiger partial charge in [-0.1, -0.05) is 45.4 Å². The van der Waals surface area contributed by atoms with E-state index in [1.807, 2.05) is 0 Å². The fourth-order valence-corrected chi connectivity index (χ4v) is 4.42. The van der Waals surface area contributed by atoms with Crippen molar-refractivity contribution in [2.24, 2.45) is 10.9 Å². The molecule has 0 amide bonds. The van der Waals surface area contributed by atoms with Crippen LogP contribution >= 0.6 is 0 Å². The molecule has 3 nitrogen and oxygen atoms in total. The number of hydrogen-bond acceptors (Lipinski definition) is 3. The Morgan fingerprint density at radius 3 is 2.55 bits per heavy atom. The summed E-state index contributed by atoms with van der Waals surface area (Å²) in [5.41, 5.74) is 0.169. The Hall–Kier alpha value is -0.570. The van der Waals surface area contributed by atoms with Crippen LogP contribution in [-0.4, -0.2) is 30.5 Å². The van der Waals surface area contributed by atoms with Gasteiger partial charge in [-0.3, -0.25) is 4.99 Å². The summed E-state index contributed by atoms with van der Waals surface area (Å²) in [7, 11) is 0. The third-order valence-corrected chi connectivity index (χ3v) is 5.74. The maximum Gasteiger partial charge on any atom is 0.117 e. The van der Waals surface area contributed by atoms with Crippen molar-refractivity contribution in [2.45, 2.75) is 82.7 Å². The summed E-state index contributed by atoms with van der Waals surface area (Å²) in [6, 6.07) is 0.669. The van der Waals surface area contributed by atoms with Gasteiger partial charge in [0.25, 0.3) is 0 Å². The number of nitrogens with one attached hydrogen (secondary N) is 2. The number of hydrogen-bond donors (Lipinski definition) is 2. The van der Waals surface area contributed by atoms with Crippen molar-refractivity contribution in [2.75, 3.05) is 13.1 Å². The van der Waals surface area contributed by atoms with Gasteiger partial charge in [0.1, 0.15) is 5.84 Å². The Morgan fingerprint density at radius 1 is 1.05 bits per heavy atom. The molecule has 2 saturated carbocycles. The molecule has 3 aliphatic rings.